The highest BCUT2D eigenvalue weighted by Gasteiger charge is 2.46. The van der Waals surface area contributed by atoms with Gasteiger partial charge in [-0.3, -0.25) is 14.4 Å². The van der Waals surface area contributed by atoms with E-state index < -0.39 is 36.4 Å². The largest absolute Gasteiger partial charge is 0.522 e. The van der Waals surface area contributed by atoms with Crippen molar-refractivity contribution in [3.05, 3.63) is 0 Å². The SMILES string of the molecule is O=C(O)CC(CC(=O)O)(OO[B]O)C(=O)O. The summed E-state index contributed by atoms with van der Waals surface area (Å²) in [5.41, 5.74) is -2.60. The predicted octanol–water partition coefficient (Wildman–Crippen LogP) is -1.77. The molecule has 0 saturated carbocycles. The van der Waals surface area contributed by atoms with Crippen molar-refractivity contribution in [2.75, 3.05) is 0 Å². The van der Waals surface area contributed by atoms with Crippen LogP contribution in [0.1, 0.15) is 12.8 Å². The summed E-state index contributed by atoms with van der Waals surface area (Å²) in [4.78, 5) is 39.5. The first-order valence-electron chi connectivity index (χ1n) is 3.81. The van der Waals surface area contributed by atoms with Crippen LogP contribution in [0.15, 0.2) is 0 Å². The van der Waals surface area contributed by atoms with Crippen LogP contribution < -0.4 is 0 Å². The van der Waals surface area contributed by atoms with E-state index in [0.717, 1.165) is 0 Å². The molecule has 1 radical (unpaired) electrons. The number of carboxylic acids is 3. The van der Waals surface area contributed by atoms with E-state index in [9.17, 15) is 14.4 Å². The third-order valence-electron chi connectivity index (χ3n) is 1.51. The molecule has 0 aliphatic heterocycles. The fourth-order valence-corrected chi connectivity index (χ4v) is 0.910. The van der Waals surface area contributed by atoms with Crippen LogP contribution in [0.3, 0.4) is 0 Å². The maximum absolute atomic E-state index is 10.8. The Labute approximate surface area is 89.4 Å². The standard InChI is InChI=1S/C6H8BO9/c8-3(9)1-6(5(12)13,2-4(10)11)15-16-7-14/h14H,1-2H2,(H,8,9)(H,10,11)(H,12,13). The molecule has 0 aromatic heterocycles. The Balaban J connectivity index is 4.95. The molecule has 0 aliphatic carbocycles. The van der Waals surface area contributed by atoms with Gasteiger partial charge in [-0.2, -0.15) is 0 Å². The second kappa shape index (κ2) is 6.05. The molecule has 10 heteroatoms. The lowest BCUT2D eigenvalue weighted by Gasteiger charge is -2.24. The maximum Gasteiger partial charge on any atom is 0.522 e. The van der Waals surface area contributed by atoms with Crippen LogP contribution in [0.5, 0.6) is 0 Å². The van der Waals surface area contributed by atoms with Crippen molar-refractivity contribution in [1.82, 2.24) is 0 Å². The molecule has 0 aromatic rings. The van der Waals surface area contributed by atoms with Crippen LogP contribution in [0.2, 0.25) is 0 Å². The van der Waals surface area contributed by atoms with Crippen LogP contribution in [-0.4, -0.2) is 51.5 Å². The van der Waals surface area contributed by atoms with Crippen molar-refractivity contribution in [1.29, 1.82) is 0 Å². The molecule has 0 rings (SSSR count). The van der Waals surface area contributed by atoms with Crippen LogP contribution in [-0.2, 0) is 24.1 Å². The lowest BCUT2D eigenvalue weighted by Crippen LogP contribution is -2.45. The summed E-state index contributed by atoms with van der Waals surface area (Å²) in [7, 11) is -0.0403. The third kappa shape index (κ3) is 4.25. The number of carbonyl (C=O) groups is 3. The first kappa shape index (κ1) is 14.4. The predicted molar refractivity (Wildman–Crippen MR) is 45.0 cm³/mol. The van der Waals surface area contributed by atoms with E-state index >= 15 is 0 Å². The van der Waals surface area contributed by atoms with Crippen LogP contribution in [0, 0.1) is 0 Å². The third-order valence-corrected chi connectivity index (χ3v) is 1.51. The molecule has 0 bridgehead atoms. The fraction of sp³-hybridized carbons (Fsp3) is 0.500. The smallest absolute Gasteiger partial charge is 0.481 e. The van der Waals surface area contributed by atoms with Gasteiger partial charge in [0.2, 0.25) is 5.60 Å². The molecule has 4 N–H and O–H groups in total. The number of rotatable bonds is 8. The zero-order chi connectivity index (χ0) is 12.8. The van der Waals surface area contributed by atoms with Gasteiger partial charge < -0.3 is 20.3 Å². The van der Waals surface area contributed by atoms with E-state index in [0.29, 0.717) is 0 Å². The molecule has 0 fully saturated rings. The molecule has 89 valence electrons. The Morgan fingerprint density at radius 3 is 1.75 bits per heavy atom. The average molecular weight is 235 g/mol. The molecule has 0 aliphatic rings. The first-order chi connectivity index (χ1) is 7.34. The normalized spacial score (nSPS) is 10.8. The van der Waals surface area contributed by atoms with Crippen molar-refractivity contribution in [3.63, 3.8) is 0 Å². The van der Waals surface area contributed by atoms with Crippen molar-refractivity contribution in [2.45, 2.75) is 18.4 Å². The van der Waals surface area contributed by atoms with E-state index in [1.54, 1.807) is 0 Å². The lowest BCUT2D eigenvalue weighted by atomic mass is 9.96. The molecule has 0 heterocycles. The molecular formula is C6H8BO9. The minimum absolute atomic E-state index is 0.0403. The minimum atomic E-state index is -2.60. The molecule has 0 aromatic carbocycles. The molecule has 9 nitrogen and oxygen atoms in total. The van der Waals surface area contributed by atoms with Gasteiger partial charge in [-0.05, 0) is 0 Å². The molecule has 0 saturated heterocycles. The van der Waals surface area contributed by atoms with E-state index in [1.165, 1.54) is 0 Å². The molecule has 0 spiro atoms. The van der Waals surface area contributed by atoms with Crippen LogP contribution in [0.4, 0.5) is 0 Å². The van der Waals surface area contributed by atoms with Gasteiger partial charge in [0.25, 0.3) is 0 Å². The molecule has 0 atom stereocenters. The Hall–Kier alpha value is -1.65. The van der Waals surface area contributed by atoms with Gasteiger partial charge >= 0.3 is 25.6 Å². The summed E-state index contributed by atoms with van der Waals surface area (Å²) in [6.45, 7) is 0. The van der Waals surface area contributed by atoms with E-state index in [2.05, 4.69) is 9.69 Å². The molecular weight excluding hydrogens is 227 g/mol. The highest BCUT2D eigenvalue weighted by Crippen LogP contribution is 2.22. The van der Waals surface area contributed by atoms with Gasteiger partial charge in [0.05, 0.1) is 12.8 Å². The summed E-state index contributed by atoms with van der Waals surface area (Å²) in [6.07, 6.45) is -2.27. The fourth-order valence-electron chi connectivity index (χ4n) is 0.910. The Morgan fingerprint density at radius 2 is 1.50 bits per heavy atom. The second-order valence-electron chi connectivity index (χ2n) is 2.73. The quantitative estimate of drug-likeness (QED) is 0.217. The zero-order valence-electron chi connectivity index (χ0n) is 7.82. The molecule has 16 heavy (non-hydrogen) atoms. The van der Waals surface area contributed by atoms with Gasteiger partial charge in [-0.1, -0.05) is 0 Å². The van der Waals surface area contributed by atoms with Gasteiger partial charge in [0.15, 0.2) is 0 Å². The summed E-state index contributed by atoms with van der Waals surface area (Å²) in [5, 5.41) is 33.7. The first-order valence-corrected chi connectivity index (χ1v) is 3.81. The second-order valence-corrected chi connectivity index (χ2v) is 2.73. The maximum atomic E-state index is 10.8. The Bertz CT molecular complexity index is 272. The monoisotopic (exact) mass is 235 g/mol. The molecule has 0 amide bonds. The zero-order valence-corrected chi connectivity index (χ0v) is 7.82. The van der Waals surface area contributed by atoms with Gasteiger partial charge in [-0.15, -0.1) is 0 Å². The molecule has 0 unspecified atom stereocenters. The van der Waals surface area contributed by atoms with E-state index in [1.807, 2.05) is 0 Å². The van der Waals surface area contributed by atoms with E-state index in [4.69, 9.17) is 20.3 Å². The minimum Gasteiger partial charge on any atom is -0.481 e. The summed E-state index contributed by atoms with van der Waals surface area (Å²) >= 11 is 0. The van der Waals surface area contributed by atoms with Crippen LogP contribution >= 0.6 is 0 Å². The number of carboxylic acid groups (broad SMARTS) is 3. The lowest BCUT2D eigenvalue weighted by molar-refractivity contribution is -0.298. The van der Waals surface area contributed by atoms with Gasteiger partial charge in [-0.25, -0.2) is 9.68 Å². The Kier molecular flexibility index (Phi) is 5.43. The van der Waals surface area contributed by atoms with Crippen molar-refractivity contribution >= 4 is 25.6 Å². The van der Waals surface area contributed by atoms with Crippen molar-refractivity contribution in [3.8, 4) is 0 Å². The van der Waals surface area contributed by atoms with Gasteiger partial charge in [0, 0.05) is 0 Å². The highest BCUT2D eigenvalue weighted by molar-refractivity contribution is 6.15. The topological polar surface area (TPSA) is 151 Å². The average Bonchev–Trinajstić information content (AvgIpc) is 2.11. The Morgan fingerprint density at radius 1 is 1.06 bits per heavy atom. The number of hydrogen-bond acceptors (Lipinski definition) is 6. The van der Waals surface area contributed by atoms with Crippen molar-refractivity contribution in [2.24, 2.45) is 0 Å². The van der Waals surface area contributed by atoms with Gasteiger partial charge in [0.1, 0.15) is 0 Å². The number of hydrogen-bond donors (Lipinski definition) is 4. The van der Waals surface area contributed by atoms with Crippen molar-refractivity contribution < 1.29 is 44.4 Å². The summed E-state index contributed by atoms with van der Waals surface area (Å²) in [6, 6.07) is 0. The summed E-state index contributed by atoms with van der Waals surface area (Å²) in [5.74, 6) is -5.02. The number of aliphatic carboxylic acids is 3. The highest BCUT2D eigenvalue weighted by atomic mass is 17.2. The van der Waals surface area contributed by atoms with Crippen LogP contribution in [0.25, 0.3) is 0 Å². The van der Waals surface area contributed by atoms with E-state index in [-0.39, 0.29) is 7.69 Å². The summed E-state index contributed by atoms with van der Waals surface area (Å²) < 4.78 is 0.